The Morgan fingerprint density at radius 1 is 1.28 bits per heavy atom. The van der Waals surface area contributed by atoms with Crippen LogP contribution in [0.5, 0.6) is 0 Å². The van der Waals surface area contributed by atoms with Crippen molar-refractivity contribution in [2.75, 3.05) is 13.6 Å². The number of hydrogen-bond donors (Lipinski definition) is 0. The molecule has 3 rings (SSSR count). The molecule has 1 saturated heterocycles. The van der Waals surface area contributed by atoms with Gasteiger partial charge in [-0.25, -0.2) is 0 Å². The van der Waals surface area contributed by atoms with E-state index >= 15 is 0 Å². The zero-order chi connectivity index (χ0) is 17.8. The standard InChI is InChI=1S/C19H20ClN3O2/c1-22(11-14-5-7-16(20)8-6-14)19(25)15-10-18(24)23(12-15)13-17-4-2-3-9-21-17/h2-9,15H,10-13H2,1H3. The van der Waals surface area contributed by atoms with E-state index in [-0.39, 0.29) is 24.2 Å². The van der Waals surface area contributed by atoms with Gasteiger partial charge in [-0.2, -0.15) is 0 Å². The quantitative estimate of drug-likeness (QED) is 0.826. The first kappa shape index (κ1) is 17.4. The Hall–Kier alpha value is -2.40. The second-order valence-corrected chi connectivity index (χ2v) is 6.75. The number of pyridine rings is 1. The summed E-state index contributed by atoms with van der Waals surface area (Å²) in [6.45, 7) is 1.39. The summed E-state index contributed by atoms with van der Waals surface area (Å²) in [6.07, 6.45) is 1.97. The van der Waals surface area contributed by atoms with Crippen LogP contribution in [0, 0.1) is 5.92 Å². The van der Waals surface area contributed by atoms with Crippen LogP contribution in [0.25, 0.3) is 0 Å². The molecule has 2 amide bonds. The molecule has 1 fully saturated rings. The Balaban J connectivity index is 1.59. The van der Waals surface area contributed by atoms with Gasteiger partial charge >= 0.3 is 0 Å². The Bertz CT molecular complexity index is 749. The second kappa shape index (κ2) is 7.66. The predicted molar refractivity (Wildman–Crippen MR) is 95.7 cm³/mol. The van der Waals surface area contributed by atoms with Crippen molar-refractivity contribution >= 4 is 23.4 Å². The van der Waals surface area contributed by atoms with Crippen LogP contribution in [0.15, 0.2) is 48.7 Å². The zero-order valence-electron chi connectivity index (χ0n) is 14.1. The number of carbonyl (C=O) groups excluding carboxylic acids is 2. The van der Waals surface area contributed by atoms with Crippen LogP contribution < -0.4 is 0 Å². The number of aromatic nitrogens is 1. The molecule has 1 aromatic carbocycles. The Morgan fingerprint density at radius 2 is 2.04 bits per heavy atom. The van der Waals surface area contributed by atoms with E-state index in [1.165, 1.54) is 0 Å². The number of rotatable bonds is 5. The third-order valence-corrected chi connectivity index (χ3v) is 4.60. The highest BCUT2D eigenvalue weighted by Crippen LogP contribution is 2.22. The van der Waals surface area contributed by atoms with E-state index in [4.69, 9.17) is 11.6 Å². The molecular weight excluding hydrogens is 338 g/mol. The Morgan fingerprint density at radius 3 is 2.72 bits per heavy atom. The lowest BCUT2D eigenvalue weighted by Crippen LogP contribution is -2.34. The van der Waals surface area contributed by atoms with Crippen LogP contribution in [0.4, 0.5) is 0 Å². The molecule has 5 nitrogen and oxygen atoms in total. The van der Waals surface area contributed by atoms with Gasteiger partial charge in [0.25, 0.3) is 0 Å². The van der Waals surface area contributed by atoms with Gasteiger partial charge in [0.2, 0.25) is 11.8 Å². The molecule has 0 saturated carbocycles. The average molecular weight is 358 g/mol. The largest absolute Gasteiger partial charge is 0.341 e. The van der Waals surface area contributed by atoms with Crippen molar-refractivity contribution in [2.45, 2.75) is 19.5 Å². The Labute approximate surface area is 152 Å². The van der Waals surface area contributed by atoms with E-state index in [0.29, 0.717) is 24.7 Å². The summed E-state index contributed by atoms with van der Waals surface area (Å²) in [4.78, 5) is 32.5. The smallest absolute Gasteiger partial charge is 0.228 e. The van der Waals surface area contributed by atoms with Crippen molar-refractivity contribution < 1.29 is 9.59 Å². The average Bonchev–Trinajstić information content (AvgIpc) is 2.98. The molecule has 1 aromatic heterocycles. The molecule has 0 radical (unpaired) electrons. The van der Waals surface area contributed by atoms with E-state index in [1.54, 1.807) is 23.0 Å². The molecule has 1 aliphatic heterocycles. The molecule has 0 N–H and O–H groups in total. The maximum Gasteiger partial charge on any atom is 0.228 e. The summed E-state index contributed by atoms with van der Waals surface area (Å²) in [7, 11) is 1.77. The van der Waals surface area contributed by atoms with Crippen LogP contribution in [-0.4, -0.2) is 40.2 Å². The molecule has 1 unspecified atom stereocenters. The highest BCUT2D eigenvalue weighted by atomic mass is 35.5. The van der Waals surface area contributed by atoms with E-state index in [2.05, 4.69) is 4.98 Å². The van der Waals surface area contributed by atoms with Crippen LogP contribution in [0.3, 0.4) is 0 Å². The maximum absolute atomic E-state index is 12.7. The summed E-state index contributed by atoms with van der Waals surface area (Å²) >= 11 is 5.88. The van der Waals surface area contributed by atoms with Gasteiger partial charge in [0.1, 0.15) is 0 Å². The maximum atomic E-state index is 12.7. The van der Waals surface area contributed by atoms with Gasteiger partial charge in [-0.05, 0) is 29.8 Å². The summed E-state index contributed by atoms with van der Waals surface area (Å²) in [6, 6.07) is 13.0. The molecule has 6 heteroatoms. The molecule has 0 aliphatic carbocycles. The van der Waals surface area contributed by atoms with E-state index < -0.39 is 0 Å². The lowest BCUT2D eigenvalue weighted by Gasteiger charge is -2.21. The van der Waals surface area contributed by atoms with E-state index in [1.807, 2.05) is 42.5 Å². The van der Waals surface area contributed by atoms with Gasteiger partial charge in [-0.15, -0.1) is 0 Å². The second-order valence-electron chi connectivity index (χ2n) is 6.32. The van der Waals surface area contributed by atoms with Crippen LogP contribution in [0.2, 0.25) is 5.02 Å². The molecular formula is C19H20ClN3O2. The topological polar surface area (TPSA) is 53.5 Å². The van der Waals surface area contributed by atoms with Crippen molar-refractivity contribution in [3.8, 4) is 0 Å². The fraction of sp³-hybridized carbons (Fsp3) is 0.316. The molecule has 2 heterocycles. The van der Waals surface area contributed by atoms with Gasteiger partial charge in [0.15, 0.2) is 0 Å². The SMILES string of the molecule is CN(Cc1ccc(Cl)cc1)C(=O)C1CC(=O)N(Cc2ccccn2)C1. The number of amides is 2. The minimum absolute atomic E-state index is 0.00361. The van der Waals surface area contributed by atoms with Crippen LogP contribution in [-0.2, 0) is 22.7 Å². The fourth-order valence-corrected chi connectivity index (χ4v) is 3.16. The van der Waals surface area contributed by atoms with Gasteiger partial charge in [0, 0.05) is 37.8 Å². The number of benzene rings is 1. The van der Waals surface area contributed by atoms with Crippen molar-refractivity contribution in [3.05, 3.63) is 64.9 Å². The number of hydrogen-bond acceptors (Lipinski definition) is 3. The van der Waals surface area contributed by atoms with Crippen molar-refractivity contribution in [2.24, 2.45) is 5.92 Å². The molecule has 0 bridgehead atoms. The first-order valence-electron chi connectivity index (χ1n) is 8.20. The highest BCUT2D eigenvalue weighted by Gasteiger charge is 2.35. The van der Waals surface area contributed by atoms with E-state index in [9.17, 15) is 9.59 Å². The third-order valence-electron chi connectivity index (χ3n) is 4.35. The van der Waals surface area contributed by atoms with Gasteiger partial charge in [0.05, 0.1) is 18.2 Å². The lowest BCUT2D eigenvalue weighted by molar-refractivity contribution is -0.135. The monoisotopic (exact) mass is 357 g/mol. The molecule has 1 aliphatic rings. The predicted octanol–water partition coefficient (Wildman–Crippen LogP) is 2.74. The van der Waals surface area contributed by atoms with Crippen LogP contribution in [0.1, 0.15) is 17.7 Å². The minimum Gasteiger partial charge on any atom is -0.341 e. The van der Waals surface area contributed by atoms with Crippen molar-refractivity contribution in [3.63, 3.8) is 0 Å². The molecule has 25 heavy (non-hydrogen) atoms. The number of halogens is 1. The number of carbonyl (C=O) groups is 2. The van der Waals surface area contributed by atoms with Gasteiger partial charge in [-0.3, -0.25) is 14.6 Å². The zero-order valence-corrected chi connectivity index (χ0v) is 14.8. The summed E-state index contributed by atoms with van der Waals surface area (Å²) in [5, 5.41) is 0.671. The molecule has 130 valence electrons. The van der Waals surface area contributed by atoms with Gasteiger partial charge in [-0.1, -0.05) is 29.8 Å². The number of nitrogens with zero attached hydrogens (tertiary/aromatic N) is 3. The third kappa shape index (κ3) is 4.37. The summed E-state index contributed by atoms with van der Waals surface area (Å²) in [5.74, 6) is -0.302. The van der Waals surface area contributed by atoms with E-state index in [0.717, 1.165) is 11.3 Å². The fourth-order valence-electron chi connectivity index (χ4n) is 3.03. The molecule has 2 aromatic rings. The number of likely N-dealkylation sites (tertiary alicyclic amines) is 1. The highest BCUT2D eigenvalue weighted by molar-refractivity contribution is 6.30. The first-order chi connectivity index (χ1) is 12.0. The summed E-state index contributed by atoms with van der Waals surface area (Å²) < 4.78 is 0. The minimum atomic E-state index is -0.298. The normalized spacial score (nSPS) is 17.0. The molecule has 0 spiro atoms. The van der Waals surface area contributed by atoms with Crippen molar-refractivity contribution in [1.82, 2.24) is 14.8 Å². The van der Waals surface area contributed by atoms with Crippen LogP contribution >= 0.6 is 11.6 Å². The Kier molecular flexibility index (Phi) is 5.34. The lowest BCUT2D eigenvalue weighted by atomic mass is 10.1. The summed E-state index contributed by atoms with van der Waals surface area (Å²) in [5.41, 5.74) is 1.84. The molecule has 1 atom stereocenters. The van der Waals surface area contributed by atoms with Gasteiger partial charge < -0.3 is 9.80 Å². The van der Waals surface area contributed by atoms with Crippen molar-refractivity contribution in [1.29, 1.82) is 0 Å². The first-order valence-corrected chi connectivity index (χ1v) is 8.58.